The van der Waals surface area contributed by atoms with Crippen LogP contribution in [0.4, 0.5) is 5.69 Å². The molecule has 0 aromatic heterocycles. The summed E-state index contributed by atoms with van der Waals surface area (Å²) in [7, 11) is 1.57. The molecule has 0 aliphatic carbocycles. The number of rotatable bonds is 4. The fourth-order valence-corrected chi connectivity index (χ4v) is 1.75. The first kappa shape index (κ1) is 14.6. The Morgan fingerprint density at radius 2 is 1.76 bits per heavy atom. The third kappa shape index (κ3) is 4.35. The molecule has 0 fully saturated rings. The summed E-state index contributed by atoms with van der Waals surface area (Å²) in [6, 6.07) is 16.1. The summed E-state index contributed by atoms with van der Waals surface area (Å²) in [5, 5.41) is 5.09. The maximum absolute atomic E-state index is 11.7. The smallest absolute Gasteiger partial charge is 0.313 e. The van der Waals surface area contributed by atoms with Gasteiger partial charge in [0.15, 0.2) is 0 Å². The normalized spacial score (nSPS) is 9.76. The first-order valence-corrected chi connectivity index (χ1v) is 6.46. The van der Waals surface area contributed by atoms with Crippen LogP contribution in [0.3, 0.4) is 0 Å². The van der Waals surface area contributed by atoms with E-state index in [1.165, 1.54) is 0 Å². The Labute approximate surface area is 122 Å². The van der Waals surface area contributed by atoms with Gasteiger partial charge in [-0.25, -0.2) is 0 Å². The molecule has 21 heavy (non-hydrogen) atoms. The van der Waals surface area contributed by atoms with Gasteiger partial charge < -0.3 is 15.4 Å². The number of anilines is 1. The van der Waals surface area contributed by atoms with Crippen molar-refractivity contribution in [3.05, 3.63) is 60.2 Å². The highest BCUT2D eigenvalue weighted by Gasteiger charge is 2.13. The van der Waals surface area contributed by atoms with Crippen LogP contribution in [0, 0.1) is 0 Å². The Balaban J connectivity index is 1.87. The molecule has 0 saturated heterocycles. The highest BCUT2D eigenvalue weighted by Crippen LogP contribution is 2.12. The summed E-state index contributed by atoms with van der Waals surface area (Å²) < 4.78 is 5.10. The van der Waals surface area contributed by atoms with Crippen LogP contribution in [0.5, 0.6) is 5.75 Å². The fraction of sp³-hybridized carbons (Fsp3) is 0.125. The van der Waals surface area contributed by atoms with Crippen LogP contribution in [0.15, 0.2) is 54.6 Å². The Hall–Kier alpha value is -2.82. The van der Waals surface area contributed by atoms with Gasteiger partial charge in [0, 0.05) is 12.2 Å². The topological polar surface area (TPSA) is 67.4 Å². The van der Waals surface area contributed by atoms with Gasteiger partial charge in [0.05, 0.1) is 7.11 Å². The third-order valence-electron chi connectivity index (χ3n) is 2.83. The lowest BCUT2D eigenvalue weighted by atomic mass is 10.2. The number of methoxy groups -OCH3 is 1. The van der Waals surface area contributed by atoms with Crippen molar-refractivity contribution < 1.29 is 14.3 Å². The lowest BCUT2D eigenvalue weighted by molar-refractivity contribution is -0.136. The van der Waals surface area contributed by atoms with Gasteiger partial charge in [0.2, 0.25) is 0 Å². The zero-order chi connectivity index (χ0) is 15.1. The molecule has 2 aromatic rings. The second kappa shape index (κ2) is 7.09. The molecule has 2 rings (SSSR count). The van der Waals surface area contributed by atoms with E-state index < -0.39 is 11.8 Å². The Morgan fingerprint density at radius 3 is 2.48 bits per heavy atom. The predicted octanol–water partition coefficient (Wildman–Crippen LogP) is 1.95. The number of hydrogen-bond donors (Lipinski definition) is 2. The molecular weight excluding hydrogens is 268 g/mol. The van der Waals surface area contributed by atoms with E-state index in [-0.39, 0.29) is 6.54 Å². The predicted molar refractivity (Wildman–Crippen MR) is 79.9 cm³/mol. The number of nitrogens with one attached hydrogen (secondary N) is 2. The number of para-hydroxylation sites is 1. The van der Waals surface area contributed by atoms with E-state index in [1.54, 1.807) is 37.4 Å². The Morgan fingerprint density at radius 1 is 1.00 bits per heavy atom. The Bertz CT molecular complexity index is 626. The average molecular weight is 284 g/mol. The van der Waals surface area contributed by atoms with Crippen LogP contribution in [-0.4, -0.2) is 18.9 Å². The first-order valence-electron chi connectivity index (χ1n) is 6.46. The minimum atomic E-state index is -0.691. The maximum Gasteiger partial charge on any atom is 0.313 e. The summed E-state index contributed by atoms with van der Waals surface area (Å²) in [6.07, 6.45) is 0. The number of carbonyl (C=O) groups is 2. The number of benzene rings is 2. The molecule has 5 nitrogen and oxygen atoms in total. The fourth-order valence-electron chi connectivity index (χ4n) is 1.75. The first-order chi connectivity index (χ1) is 10.2. The highest BCUT2D eigenvalue weighted by atomic mass is 16.5. The molecule has 0 atom stereocenters. The maximum atomic E-state index is 11.7. The van der Waals surface area contributed by atoms with Gasteiger partial charge in [-0.05, 0) is 29.8 Å². The molecule has 0 spiro atoms. The van der Waals surface area contributed by atoms with Crippen LogP contribution >= 0.6 is 0 Å². The minimum Gasteiger partial charge on any atom is -0.497 e. The zero-order valence-corrected chi connectivity index (χ0v) is 11.6. The van der Waals surface area contributed by atoms with Crippen molar-refractivity contribution in [3.8, 4) is 5.75 Å². The van der Waals surface area contributed by atoms with E-state index in [0.717, 1.165) is 5.56 Å². The second-order valence-corrected chi connectivity index (χ2v) is 4.35. The van der Waals surface area contributed by atoms with Gasteiger partial charge in [0.25, 0.3) is 0 Å². The van der Waals surface area contributed by atoms with E-state index in [2.05, 4.69) is 10.6 Å². The molecule has 0 aliphatic rings. The zero-order valence-electron chi connectivity index (χ0n) is 11.6. The Kier molecular flexibility index (Phi) is 4.93. The van der Waals surface area contributed by atoms with E-state index in [1.807, 2.05) is 24.3 Å². The number of amides is 2. The van der Waals surface area contributed by atoms with Crippen molar-refractivity contribution >= 4 is 17.5 Å². The highest BCUT2D eigenvalue weighted by molar-refractivity contribution is 6.39. The van der Waals surface area contributed by atoms with Crippen LogP contribution in [0.2, 0.25) is 0 Å². The summed E-state index contributed by atoms with van der Waals surface area (Å²) >= 11 is 0. The van der Waals surface area contributed by atoms with E-state index in [0.29, 0.717) is 11.4 Å². The van der Waals surface area contributed by atoms with Crippen molar-refractivity contribution in [1.82, 2.24) is 5.32 Å². The summed E-state index contributed by atoms with van der Waals surface area (Å²) in [5.74, 6) is -0.666. The van der Waals surface area contributed by atoms with Gasteiger partial charge >= 0.3 is 11.8 Å². The molecule has 2 N–H and O–H groups in total. The second-order valence-electron chi connectivity index (χ2n) is 4.35. The standard InChI is InChI=1S/C16H16N2O3/c1-21-14-9-5-6-12(10-14)11-17-15(19)16(20)18-13-7-3-2-4-8-13/h2-10H,11H2,1H3,(H,17,19)(H,18,20). The van der Waals surface area contributed by atoms with Crippen molar-refractivity contribution in [3.63, 3.8) is 0 Å². The van der Waals surface area contributed by atoms with Crippen molar-refractivity contribution in [2.45, 2.75) is 6.54 Å². The molecular formula is C16H16N2O3. The summed E-state index contributed by atoms with van der Waals surface area (Å²) in [6.45, 7) is 0.262. The number of hydrogen-bond acceptors (Lipinski definition) is 3. The number of carbonyl (C=O) groups excluding carboxylic acids is 2. The lowest BCUT2D eigenvalue weighted by Gasteiger charge is -2.07. The SMILES string of the molecule is COc1cccc(CNC(=O)C(=O)Nc2ccccc2)c1. The van der Waals surface area contributed by atoms with Crippen molar-refractivity contribution in [1.29, 1.82) is 0 Å². The molecule has 0 heterocycles. The molecule has 2 aromatic carbocycles. The van der Waals surface area contributed by atoms with Crippen LogP contribution in [0.25, 0.3) is 0 Å². The van der Waals surface area contributed by atoms with Crippen LogP contribution < -0.4 is 15.4 Å². The largest absolute Gasteiger partial charge is 0.497 e. The monoisotopic (exact) mass is 284 g/mol. The summed E-state index contributed by atoms with van der Waals surface area (Å²) in [4.78, 5) is 23.4. The number of ether oxygens (including phenoxy) is 1. The minimum absolute atomic E-state index is 0.262. The van der Waals surface area contributed by atoms with Gasteiger partial charge in [-0.3, -0.25) is 9.59 Å². The third-order valence-corrected chi connectivity index (χ3v) is 2.83. The molecule has 0 radical (unpaired) electrons. The molecule has 2 amide bonds. The molecule has 0 unspecified atom stereocenters. The van der Waals surface area contributed by atoms with Gasteiger partial charge in [0.1, 0.15) is 5.75 Å². The van der Waals surface area contributed by atoms with Gasteiger partial charge in [-0.2, -0.15) is 0 Å². The molecule has 0 bridgehead atoms. The van der Waals surface area contributed by atoms with Gasteiger partial charge in [-0.15, -0.1) is 0 Å². The van der Waals surface area contributed by atoms with Crippen molar-refractivity contribution in [2.75, 3.05) is 12.4 Å². The molecule has 108 valence electrons. The molecule has 0 aliphatic heterocycles. The quantitative estimate of drug-likeness (QED) is 0.843. The van der Waals surface area contributed by atoms with E-state index in [9.17, 15) is 9.59 Å². The molecule has 0 saturated carbocycles. The van der Waals surface area contributed by atoms with Gasteiger partial charge in [-0.1, -0.05) is 30.3 Å². The lowest BCUT2D eigenvalue weighted by Crippen LogP contribution is -2.34. The van der Waals surface area contributed by atoms with Crippen LogP contribution in [0.1, 0.15) is 5.56 Å². The summed E-state index contributed by atoms with van der Waals surface area (Å²) in [5.41, 5.74) is 1.44. The van der Waals surface area contributed by atoms with E-state index in [4.69, 9.17) is 4.74 Å². The van der Waals surface area contributed by atoms with E-state index >= 15 is 0 Å². The van der Waals surface area contributed by atoms with Crippen LogP contribution in [-0.2, 0) is 16.1 Å². The molecule has 5 heteroatoms. The van der Waals surface area contributed by atoms with Crippen molar-refractivity contribution in [2.24, 2.45) is 0 Å². The average Bonchev–Trinajstić information content (AvgIpc) is 2.53.